The number of benzene rings is 3. The third-order valence-electron chi connectivity index (χ3n) is 16.6. The van der Waals surface area contributed by atoms with E-state index in [1.54, 1.807) is 37.4 Å². The first-order valence-corrected chi connectivity index (χ1v) is 27.8. The summed E-state index contributed by atoms with van der Waals surface area (Å²) in [6.45, 7) is 11.6. The molecule has 0 bridgehead atoms. The molecule has 2 aromatic heterocycles. The molecule has 1 amide bonds. The Bertz CT molecular complexity index is 3000. The van der Waals surface area contributed by atoms with Gasteiger partial charge in [0.2, 0.25) is 0 Å². The molecule has 1 spiro atoms. The first kappa shape index (κ1) is 50.2. The lowest BCUT2D eigenvalue weighted by Crippen LogP contribution is -2.63. The maximum absolute atomic E-state index is 14.5. The van der Waals surface area contributed by atoms with Crippen molar-refractivity contribution in [2.24, 2.45) is 11.3 Å². The number of sulfonamides is 1. The number of nitrogens with one attached hydrogen (secondary N) is 3. The second kappa shape index (κ2) is 20.3. The summed E-state index contributed by atoms with van der Waals surface area (Å²) >= 11 is 0. The number of carbonyl (C=O) groups excluding carboxylic acids is 1. The monoisotopic (exact) mass is 1030 g/mol. The van der Waals surface area contributed by atoms with Gasteiger partial charge in [0.1, 0.15) is 30.7 Å². The number of piperidine rings is 1. The quantitative estimate of drug-likeness (QED) is 0.0604. The fraction of sp³-hybridized carbons (Fsp3) is 0.527. The van der Waals surface area contributed by atoms with Crippen molar-refractivity contribution in [3.63, 3.8) is 0 Å². The van der Waals surface area contributed by atoms with Crippen LogP contribution < -0.4 is 29.1 Å². The van der Waals surface area contributed by atoms with Crippen LogP contribution in [0.2, 0.25) is 0 Å². The number of rotatable bonds is 14. The fourth-order valence-electron chi connectivity index (χ4n) is 12.4. The maximum Gasteiger partial charge on any atom is 0.297 e. The van der Waals surface area contributed by atoms with Crippen molar-refractivity contribution < 1.29 is 46.9 Å². The van der Waals surface area contributed by atoms with Gasteiger partial charge in [-0.15, -0.1) is 0 Å². The molecule has 5 fully saturated rings. The molecule has 3 saturated heterocycles. The summed E-state index contributed by atoms with van der Waals surface area (Å²) in [4.78, 5) is 38.6. The second-order valence-corrected chi connectivity index (χ2v) is 23.7. The van der Waals surface area contributed by atoms with E-state index in [4.69, 9.17) is 28.7 Å². The van der Waals surface area contributed by atoms with Gasteiger partial charge in [-0.05, 0) is 117 Å². The van der Waals surface area contributed by atoms with E-state index in [0.717, 1.165) is 50.8 Å². The Labute approximate surface area is 431 Å². The van der Waals surface area contributed by atoms with Gasteiger partial charge in [-0.3, -0.25) is 19.8 Å². The Hall–Kier alpha value is -5.99. The summed E-state index contributed by atoms with van der Waals surface area (Å²) in [5.74, 6) is 0.448. The van der Waals surface area contributed by atoms with Gasteiger partial charge >= 0.3 is 0 Å². The molecular formula is C55H67N7O11S. The minimum atomic E-state index is -4.74. The summed E-state index contributed by atoms with van der Waals surface area (Å²) in [5, 5.41) is 27.0. The number of pyridine rings is 1. The zero-order chi connectivity index (χ0) is 51.4. The Morgan fingerprint density at radius 3 is 2.54 bits per heavy atom. The Morgan fingerprint density at radius 1 is 0.986 bits per heavy atom. The number of amides is 1. The predicted molar refractivity (Wildman–Crippen MR) is 278 cm³/mol. The number of fused-ring (bicyclic) bond motifs is 2. The first-order chi connectivity index (χ1) is 35.6. The molecule has 19 heteroatoms. The number of aromatic nitrogens is 2. The highest BCUT2D eigenvalue weighted by atomic mass is 32.2. The number of hydrogen-bond acceptors (Lipinski definition) is 15. The van der Waals surface area contributed by atoms with E-state index in [1.807, 2.05) is 6.07 Å². The number of likely N-dealkylation sites (tertiary alicyclic amines) is 1. The molecule has 11 rings (SSSR count). The molecule has 4 aliphatic heterocycles. The van der Waals surface area contributed by atoms with Crippen LogP contribution in [-0.2, 0) is 19.5 Å². The third kappa shape index (κ3) is 10.2. The number of nitrogens with zero attached hydrogens (tertiary/aromatic N) is 4. The zero-order valence-electron chi connectivity index (χ0n) is 42.3. The molecule has 0 radical (unpaired) electrons. The number of H-pyrrole nitrogens is 1. The van der Waals surface area contributed by atoms with Crippen LogP contribution in [0.15, 0.2) is 77.8 Å². The SMILES string of the molecule is CC(C)c1ccccc1[C@@H]1CCC[C@@H]1N1CC2(CCN(c3ccc(C(=O)NS(=O)(=O)c4cc5c(c([N+](=O)[O-])c4)N[C@@H](C4CCC(C)(O)CC4)CO5)c(Oc4cc5cc[nH]c5nc4OC[C@@H]4COCCO4)c3)CC2)C1. The second-order valence-electron chi connectivity index (χ2n) is 22.1. The summed E-state index contributed by atoms with van der Waals surface area (Å²) in [5.41, 5.74) is 3.24. The van der Waals surface area contributed by atoms with Crippen molar-refractivity contribution in [1.82, 2.24) is 19.6 Å². The van der Waals surface area contributed by atoms with Gasteiger partial charge in [0.05, 0.1) is 46.8 Å². The highest BCUT2D eigenvalue weighted by molar-refractivity contribution is 7.90. The molecule has 2 aliphatic carbocycles. The topological polar surface area (TPSA) is 220 Å². The fourth-order valence-corrected chi connectivity index (χ4v) is 13.4. The molecule has 4 atom stereocenters. The molecule has 2 saturated carbocycles. The van der Waals surface area contributed by atoms with Crippen molar-refractivity contribution in [2.45, 2.75) is 119 Å². The van der Waals surface area contributed by atoms with Gasteiger partial charge in [0.25, 0.3) is 27.5 Å². The Balaban J connectivity index is 0.843. The summed E-state index contributed by atoms with van der Waals surface area (Å²) in [6, 6.07) is 20.1. The molecule has 74 heavy (non-hydrogen) atoms. The number of anilines is 2. The Morgan fingerprint density at radius 2 is 1.78 bits per heavy atom. The lowest BCUT2D eigenvalue weighted by Gasteiger charge is -2.57. The van der Waals surface area contributed by atoms with Crippen LogP contribution in [0.5, 0.6) is 23.1 Å². The van der Waals surface area contributed by atoms with Crippen LogP contribution in [0, 0.1) is 21.4 Å². The number of carbonyl (C=O) groups is 1. The summed E-state index contributed by atoms with van der Waals surface area (Å²) in [6.07, 6.45) is 9.64. The summed E-state index contributed by atoms with van der Waals surface area (Å²) in [7, 11) is -4.74. The van der Waals surface area contributed by atoms with Crippen LogP contribution in [0.4, 0.5) is 17.1 Å². The van der Waals surface area contributed by atoms with E-state index in [-0.39, 0.29) is 71.1 Å². The van der Waals surface area contributed by atoms with Crippen molar-refractivity contribution in [1.29, 1.82) is 0 Å². The van der Waals surface area contributed by atoms with Crippen molar-refractivity contribution in [3.05, 3.63) is 99.7 Å². The lowest BCUT2D eigenvalue weighted by molar-refractivity contribution is -0.384. The van der Waals surface area contributed by atoms with E-state index < -0.39 is 37.0 Å². The molecule has 4 N–H and O–H groups in total. The first-order valence-electron chi connectivity index (χ1n) is 26.3. The number of aromatic amines is 1. The maximum atomic E-state index is 14.5. The molecule has 5 aromatic rings. The van der Waals surface area contributed by atoms with Crippen LogP contribution in [0.1, 0.15) is 112 Å². The van der Waals surface area contributed by atoms with E-state index >= 15 is 0 Å². The minimum Gasteiger partial charge on any atom is -0.489 e. The molecule has 6 heterocycles. The number of nitro groups is 1. The van der Waals surface area contributed by atoms with Crippen LogP contribution in [-0.4, -0.2) is 122 Å². The largest absolute Gasteiger partial charge is 0.489 e. The molecule has 18 nitrogen and oxygen atoms in total. The van der Waals surface area contributed by atoms with E-state index in [0.29, 0.717) is 74.4 Å². The molecular weight excluding hydrogens is 967 g/mol. The zero-order valence-corrected chi connectivity index (χ0v) is 43.2. The van der Waals surface area contributed by atoms with Crippen molar-refractivity contribution >= 4 is 44.0 Å². The van der Waals surface area contributed by atoms with Crippen molar-refractivity contribution in [2.75, 3.05) is 69.4 Å². The van der Waals surface area contributed by atoms with Gasteiger partial charge in [-0.2, -0.15) is 4.98 Å². The van der Waals surface area contributed by atoms with Crippen LogP contribution in [0.25, 0.3) is 11.0 Å². The molecule has 394 valence electrons. The average Bonchev–Trinajstić information content (AvgIpc) is 4.07. The number of aliphatic hydroxyl groups is 1. The number of hydrogen-bond donors (Lipinski definition) is 4. The predicted octanol–water partition coefficient (Wildman–Crippen LogP) is 8.65. The smallest absolute Gasteiger partial charge is 0.297 e. The lowest BCUT2D eigenvalue weighted by atomic mass is 9.70. The Kier molecular flexibility index (Phi) is 13.7. The van der Waals surface area contributed by atoms with E-state index in [9.17, 15) is 28.4 Å². The van der Waals surface area contributed by atoms with Gasteiger partial charge in [-0.25, -0.2) is 13.1 Å². The summed E-state index contributed by atoms with van der Waals surface area (Å²) < 4.78 is 60.9. The minimum absolute atomic E-state index is 0.0158. The highest BCUT2D eigenvalue weighted by Crippen LogP contribution is 2.50. The molecule has 0 unspecified atom stereocenters. The molecule has 3 aromatic carbocycles. The third-order valence-corrected chi connectivity index (χ3v) is 17.9. The van der Waals surface area contributed by atoms with Gasteiger partial charge in [0, 0.05) is 67.7 Å². The van der Waals surface area contributed by atoms with Crippen molar-refractivity contribution in [3.8, 4) is 23.1 Å². The van der Waals surface area contributed by atoms with Crippen LogP contribution >= 0.6 is 0 Å². The van der Waals surface area contributed by atoms with Gasteiger partial charge in [0.15, 0.2) is 17.2 Å². The average molecular weight is 1030 g/mol. The van der Waals surface area contributed by atoms with E-state index in [1.165, 1.54) is 36.5 Å². The standard InChI is InChI=1S/C55H67N7O11S/c1-34(2)40-7-4-5-8-41(40)42-9-6-10-45(42)61-32-55(33-61)18-21-60(22-19-55)37-11-12-43(47(26-37)73-49-25-36-15-20-56-51(36)58-53(49)72-30-38-29-69-23-24-70-38)52(63)59-74(67,68)39-27-46(62(65)66)50-48(28-39)71-31-44(57-50)35-13-16-54(3,64)17-14-35/h4-5,7-8,11-12,15,20,25-28,34-35,38,42,44-45,57,64H,6,9-10,13-14,16-19,21-24,29-33H2,1-3H3,(H,56,58)(H,59,63)/t35?,38-,42-,44+,45-,54?/m0/s1. The van der Waals surface area contributed by atoms with Gasteiger partial charge in [-0.1, -0.05) is 44.5 Å². The molecule has 6 aliphatic rings. The van der Waals surface area contributed by atoms with Gasteiger partial charge < -0.3 is 44.0 Å². The highest BCUT2D eigenvalue weighted by Gasteiger charge is 2.49. The number of nitro benzene ring substituents is 1. The normalized spacial score (nSPS) is 26.0. The number of ether oxygens (including phenoxy) is 5. The van der Waals surface area contributed by atoms with Crippen LogP contribution in [0.3, 0.4) is 0 Å². The van der Waals surface area contributed by atoms with E-state index in [2.05, 4.69) is 62.9 Å².